The van der Waals surface area contributed by atoms with Crippen LogP contribution in [0.5, 0.6) is 11.5 Å². The number of hydrogen-bond acceptors (Lipinski definition) is 6. The highest BCUT2D eigenvalue weighted by Gasteiger charge is 2.33. The fourth-order valence-corrected chi connectivity index (χ4v) is 5.61. The summed E-state index contributed by atoms with van der Waals surface area (Å²) in [6.45, 7) is 2.76. The van der Waals surface area contributed by atoms with E-state index in [2.05, 4.69) is 21.2 Å². The number of ether oxygens (including phenoxy) is 2. The van der Waals surface area contributed by atoms with Crippen molar-refractivity contribution in [2.45, 2.75) is 32.4 Å². The van der Waals surface area contributed by atoms with Crippen LogP contribution in [0.3, 0.4) is 0 Å². The molecule has 1 aliphatic heterocycles. The number of halogens is 1. The molecule has 3 aromatic rings. The molecule has 0 saturated carbocycles. The van der Waals surface area contributed by atoms with Crippen molar-refractivity contribution >= 4 is 43.5 Å². The molecule has 0 unspecified atom stereocenters. The van der Waals surface area contributed by atoms with Crippen molar-refractivity contribution in [3.63, 3.8) is 0 Å². The highest BCUT2D eigenvalue weighted by Crippen LogP contribution is 2.34. The van der Waals surface area contributed by atoms with E-state index in [1.165, 1.54) is 4.90 Å². The van der Waals surface area contributed by atoms with E-state index in [9.17, 15) is 18.0 Å². The number of anilines is 1. The van der Waals surface area contributed by atoms with Gasteiger partial charge in [-0.05, 0) is 41.8 Å². The van der Waals surface area contributed by atoms with Crippen LogP contribution in [0.2, 0.25) is 0 Å². The lowest BCUT2D eigenvalue weighted by Gasteiger charge is -2.33. The van der Waals surface area contributed by atoms with Crippen molar-refractivity contribution < 1.29 is 27.5 Å². The Balaban J connectivity index is 1.71. The van der Waals surface area contributed by atoms with Gasteiger partial charge in [-0.3, -0.25) is 13.9 Å². The van der Waals surface area contributed by atoms with Gasteiger partial charge in [0.05, 0.1) is 11.9 Å². The third-order valence-corrected chi connectivity index (χ3v) is 8.25. The average Bonchev–Trinajstić information content (AvgIpc) is 2.97. The summed E-state index contributed by atoms with van der Waals surface area (Å²) in [6, 6.07) is 20.8. The minimum atomic E-state index is -3.89. The monoisotopic (exact) mass is 643 g/mol. The fraction of sp³-hybridized carbons (Fsp3) is 0.333. The number of hydrogen-bond donors (Lipinski definition) is 1. The van der Waals surface area contributed by atoms with Gasteiger partial charge in [0.25, 0.3) is 0 Å². The Hall–Kier alpha value is -3.57. The van der Waals surface area contributed by atoms with E-state index in [1.807, 2.05) is 61.5 Å². The number of fused-ring (bicyclic) bond motifs is 1. The molecule has 0 bridgehead atoms. The molecule has 218 valence electrons. The highest BCUT2D eigenvalue weighted by molar-refractivity contribution is 9.10. The number of nitrogens with zero attached hydrogens (tertiary/aromatic N) is 2. The van der Waals surface area contributed by atoms with E-state index in [4.69, 9.17) is 9.47 Å². The molecule has 11 heteroatoms. The number of amides is 2. The lowest BCUT2D eigenvalue weighted by Crippen LogP contribution is -2.53. The maximum Gasteiger partial charge on any atom is 0.244 e. The first-order valence-electron chi connectivity index (χ1n) is 13.4. The summed E-state index contributed by atoms with van der Waals surface area (Å²) in [4.78, 5) is 29.1. The van der Waals surface area contributed by atoms with Crippen LogP contribution in [0, 0.1) is 0 Å². The molecule has 0 radical (unpaired) electrons. The molecule has 0 spiro atoms. The second-order valence-corrected chi connectivity index (χ2v) is 12.6. The van der Waals surface area contributed by atoms with Gasteiger partial charge >= 0.3 is 0 Å². The zero-order valence-corrected chi connectivity index (χ0v) is 25.5. The number of sulfonamides is 1. The van der Waals surface area contributed by atoms with E-state index < -0.39 is 28.5 Å². The smallest absolute Gasteiger partial charge is 0.244 e. The van der Waals surface area contributed by atoms with Crippen molar-refractivity contribution in [3.05, 3.63) is 88.4 Å². The summed E-state index contributed by atoms with van der Waals surface area (Å²) in [5.41, 5.74) is 1.95. The Bertz CT molecular complexity index is 1450. The van der Waals surface area contributed by atoms with E-state index in [1.54, 1.807) is 18.2 Å². The van der Waals surface area contributed by atoms with Gasteiger partial charge < -0.3 is 19.7 Å². The van der Waals surface area contributed by atoms with Crippen LogP contribution in [-0.2, 0) is 32.6 Å². The predicted octanol–water partition coefficient (Wildman–Crippen LogP) is 4.15. The van der Waals surface area contributed by atoms with Crippen molar-refractivity contribution in [2.24, 2.45) is 0 Å². The zero-order valence-electron chi connectivity index (χ0n) is 23.1. The fourth-order valence-electron chi connectivity index (χ4n) is 4.51. The molecule has 41 heavy (non-hydrogen) atoms. The highest BCUT2D eigenvalue weighted by atomic mass is 79.9. The number of rotatable bonds is 12. The summed E-state index contributed by atoms with van der Waals surface area (Å²) in [5.74, 6) is 0.0989. The van der Waals surface area contributed by atoms with E-state index in [-0.39, 0.29) is 24.6 Å². The first-order chi connectivity index (χ1) is 19.7. The van der Waals surface area contributed by atoms with Crippen molar-refractivity contribution in [1.29, 1.82) is 0 Å². The van der Waals surface area contributed by atoms with Gasteiger partial charge in [0.15, 0.2) is 11.5 Å². The van der Waals surface area contributed by atoms with Crippen molar-refractivity contribution in [2.75, 3.05) is 36.9 Å². The molecule has 0 aliphatic carbocycles. The molecule has 0 fully saturated rings. The Morgan fingerprint density at radius 3 is 2.29 bits per heavy atom. The normalized spacial score (nSPS) is 13.2. The molecule has 1 aliphatic rings. The third kappa shape index (κ3) is 8.23. The number of benzene rings is 3. The molecule has 3 aromatic carbocycles. The third-order valence-electron chi connectivity index (χ3n) is 6.58. The summed E-state index contributed by atoms with van der Waals surface area (Å²) < 4.78 is 39.1. The van der Waals surface area contributed by atoms with Gasteiger partial charge in [-0.2, -0.15) is 0 Å². The van der Waals surface area contributed by atoms with Crippen LogP contribution < -0.4 is 19.1 Å². The molecule has 1 N–H and O–H groups in total. The lowest BCUT2D eigenvalue weighted by atomic mass is 10.0. The molecule has 0 aromatic heterocycles. The van der Waals surface area contributed by atoms with E-state index in [0.29, 0.717) is 31.3 Å². The number of carbonyl (C=O) groups is 2. The first kappa shape index (κ1) is 30.4. The SMILES string of the molecule is CCCNC(=O)[C@H](Cc1ccccc1)N(Cc1ccc(Br)cc1)C(=O)CN(c1ccc2c(c1)OCCO2)S(C)(=O)=O. The van der Waals surface area contributed by atoms with Crippen LogP contribution in [-0.4, -0.2) is 63.7 Å². The summed E-state index contributed by atoms with van der Waals surface area (Å²) in [7, 11) is -3.89. The molecular weight excluding hydrogens is 610 g/mol. The van der Waals surface area contributed by atoms with E-state index in [0.717, 1.165) is 32.6 Å². The maximum absolute atomic E-state index is 14.1. The quantitative estimate of drug-likeness (QED) is 0.318. The summed E-state index contributed by atoms with van der Waals surface area (Å²) in [5, 5.41) is 2.93. The van der Waals surface area contributed by atoms with Crippen LogP contribution >= 0.6 is 15.9 Å². The van der Waals surface area contributed by atoms with Crippen molar-refractivity contribution in [1.82, 2.24) is 10.2 Å². The molecule has 1 heterocycles. The second kappa shape index (κ2) is 13.9. The van der Waals surface area contributed by atoms with Crippen LogP contribution in [0.15, 0.2) is 77.3 Å². The Morgan fingerprint density at radius 1 is 0.951 bits per heavy atom. The van der Waals surface area contributed by atoms with Gasteiger partial charge in [-0.1, -0.05) is 65.3 Å². The summed E-state index contributed by atoms with van der Waals surface area (Å²) >= 11 is 3.43. The standard InChI is InChI=1S/C30H34BrN3O6S/c1-3-15-32-30(36)26(18-22-7-5-4-6-8-22)33(20-23-9-11-24(31)12-10-23)29(35)21-34(41(2,37)38)25-13-14-27-28(19-25)40-17-16-39-27/h4-14,19,26H,3,15-18,20-21H2,1-2H3,(H,32,36)/t26-/m0/s1. The minimum Gasteiger partial charge on any atom is -0.486 e. The zero-order chi connectivity index (χ0) is 29.4. The molecule has 1 atom stereocenters. The topological polar surface area (TPSA) is 105 Å². The summed E-state index contributed by atoms with van der Waals surface area (Å²) in [6.07, 6.45) is 2.05. The maximum atomic E-state index is 14.1. The first-order valence-corrected chi connectivity index (χ1v) is 16.0. The van der Waals surface area contributed by atoms with E-state index >= 15 is 0 Å². The lowest BCUT2D eigenvalue weighted by molar-refractivity contribution is -0.140. The number of nitrogens with one attached hydrogen (secondary N) is 1. The van der Waals surface area contributed by atoms with Crippen molar-refractivity contribution in [3.8, 4) is 11.5 Å². The molecule has 4 rings (SSSR count). The van der Waals surface area contributed by atoms with Gasteiger partial charge in [-0.15, -0.1) is 0 Å². The van der Waals surface area contributed by atoms with Crippen LogP contribution in [0.4, 0.5) is 5.69 Å². The molecule has 2 amide bonds. The molecule has 0 saturated heterocycles. The molecular formula is C30H34BrN3O6S. The average molecular weight is 645 g/mol. The van der Waals surface area contributed by atoms with Gasteiger partial charge in [0, 0.05) is 30.0 Å². The predicted molar refractivity (Wildman–Crippen MR) is 162 cm³/mol. The Kier molecular flexibility index (Phi) is 10.3. The Morgan fingerprint density at radius 2 is 1.63 bits per heavy atom. The minimum absolute atomic E-state index is 0.113. The van der Waals surface area contributed by atoms with Gasteiger partial charge in [0.1, 0.15) is 25.8 Å². The van der Waals surface area contributed by atoms with Crippen LogP contribution in [0.1, 0.15) is 24.5 Å². The molecule has 9 nitrogen and oxygen atoms in total. The largest absolute Gasteiger partial charge is 0.486 e. The van der Waals surface area contributed by atoms with Gasteiger partial charge in [0.2, 0.25) is 21.8 Å². The number of carbonyl (C=O) groups excluding carboxylic acids is 2. The Labute approximate surface area is 249 Å². The van der Waals surface area contributed by atoms with Crippen LogP contribution in [0.25, 0.3) is 0 Å². The second-order valence-electron chi connectivity index (χ2n) is 9.74. The van der Waals surface area contributed by atoms with Gasteiger partial charge in [-0.25, -0.2) is 8.42 Å².